The first-order chi connectivity index (χ1) is 13.2. The first kappa shape index (κ1) is 20.8. The van der Waals surface area contributed by atoms with E-state index in [2.05, 4.69) is 4.72 Å². The molecular weight excluding hydrogens is 426 g/mol. The van der Waals surface area contributed by atoms with Gasteiger partial charge in [0.25, 0.3) is 0 Å². The number of carbonyl (C=O) groups excluding carboxylic acids is 1. The molecule has 150 valence electrons. The second-order valence-electron chi connectivity index (χ2n) is 6.41. The standard InChI is InChI=1S/C18H18ClNO6S2/c19-17-4-2-1-3-14(17)11-26-18(21)13-5-7-16(8-6-13)28(24,25)20-15-9-10-27(22,23)12-15/h1-8,15,20H,9-12H2. The Bertz CT molecular complexity index is 1080. The van der Waals surface area contributed by atoms with Crippen LogP contribution in [-0.4, -0.2) is 40.4 Å². The molecule has 0 amide bonds. The van der Waals surface area contributed by atoms with Gasteiger partial charge in [-0.1, -0.05) is 29.8 Å². The number of sulfonamides is 1. The van der Waals surface area contributed by atoms with Gasteiger partial charge in [0.1, 0.15) is 6.61 Å². The monoisotopic (exact) mass is 443 g/mol. The lowest BCUT2D eigenvalue weighted by molar-refractivity contribution is 0.0472. The molecule has 2 aromatic rings. The fourth-order valence-electron chi connectivity index (χ4n) is 2.79. The lowest BCUT2D eigenvalue weighted by atomic mass is 10.2. The van der Waals surface area contributed by atoms with Crippen LogP contribution in [-0.2, 0) is 31.2 Å². The summed E-state index contributed by atoms with van der Waals surface area (Å²) in [4.78, 5) is 12.1. The molecule has 28 heavy (non-hydrogen) atoms. The van der Waals surface area contributed by atoms with Crippen molar-refractivity contribution in [1.82, 2.24) is 4.72 Å². The highest BCUT2D eigenvalue weighted by Crippen LogP contribution is 2.18. The molecule has 10 heteroatoms. The van der Waals surface area contributed by atoms with Crippen molar-refractivity contribution in [3.63, 3.8) is 0 Å². The van der Waals surface area contributed by atoms with E-state index in [0.29, 0.717) is 10.6 Å². The van der Waals surface area contributed by atoms with Crippen molar-refractivity contribution in [2.45, 2.75) is 24.0 Å². The summed E-state index contributed by atoms with van der Waals surface area (Å²) in [5, 5.41) is 0.483. The summed E-state index contributed by atoms with van der Waals surface area (Å²) in [7, 11) is -7.08. The second kappa shape index (κ2) is 8.20. The Morgan fingerprint density at radius 1 is 1.14 bits per heavy atom. The number of rotatable bonds is 6. The first-order valence-electron chi connectivity index (χ1n) is 8.40. The number of esters is 1. The molecule has 1 N–H and O–H groups in total. The number of ether oxygens (including phenoxy) is 1. The van der Waals surface area contributed by atoms with Crippen LogP contribution in [0, 0.1) is 0 Å². The van der Waals surface area contributed by atoms with Crippen molar-refractivity contribution in [3.05, 3.63) is 64.7 Å². The molecule has 7 nitrogen and oxygen atoms in total. The Kier molecular flexibility index (Phi) is 6.09. The zero-order chi connectivity index (χ0) is 20.4. The van der Waals surface area contributed by atoms with Gasteiger partial charge in [-0.05, 0) is 36.8 Å². The maximum Gasteiger partial charge on any atom is 0.338 e. The Morgan fingerprint density at radius 3 is 2.43 bits per heavy atom. The molecule has 0 bridgehead atoms. The number of hydrogen-bond donors (Lipinski definition) is 1. The Morgan fingerprint density at radius 2 is 1.82 bits per heavy atom. The van der Waals surface area contributed by atoms with Crippen LogP contribution in [0.1, 0.15) is 22.3 Å². The molecule has 1 saturated heterocycles. The normalized spacial score (nSPS) is 18.7. The predicted molar refractivity (Wildman–Crippen MR) is 104 cm³/mol. The van der Waals surface area contributed by atoms with Gasteiger partial charge in [0.15, 0.2) is 9.84 Å². The highest BCUT2D eigenvalue weighted by molar-refractivity contribution is 7.92. The third-order valence-electron chi connectivity index (χ3n) is 4.27. The average molecular weight is 444 g/mol. The predicted octanol–water partition coefficient (Wildman–Crippen LogP) is 2.16. The summed E-state index contributed by atoms with van der Waals surface area (Å²) in [6.07, 6.45) is 0.244. The van der Waals surface area contributed by atoms with Gasteiger partial charge in [0, 0.05) is 16.6 Å². The molecule has 1 unspecified atom stereocenters. The Balaban J connectivity index is 1.64. The molecule has 0 aliphatic carbocycles. The summed E-state index contributed by atoms with van der Waals surface area (Å²) in [6, 6.07) is 11.6. The maximum atomic E-state index is 12.4. The van der Waals surface area contributed by atoms with E-state index >= 15 is 0 Å². The lowest BCUT2D eigenvalue weighted by Crippen LogP contribution is -2.35. The van der Waals surface area contributed by atoms with E-state index in [-0.39, 0.29) is 35.0 Å². The van der Waals surface area contributed by atoms with E-state index in [1.165, 1.54) is 24.3 Å². The molecule has 0 radical (unpaired) electrons. The van der Waals surface area contributed by atoms with Gasteiger partial charge in [-0.15, -0.1) is 0 Å². The fraction of sp³-hybridized carbons (Fsp3) is 0.278. The topological polar surface area (TPSA) is 107 Å². The van der Waals surface area contributed by atoms with E-state index < -0.39 is 31.9 Å². The zero-order valence-corrected chi connectivity index (χ0v) is 17.1. The van der Waals surface area contributed by atoms with Crippen LogP contribution in [0.5, 0.6) is 0 Å². The molecule has 1 fully saturated rings. The molecule has 1 atom stereocenters. The van der Waals surface area contributed by atoms with Gasteiger partial charge in [-0.25, -0.2) is 26.4 Å². The van der Waals surface area contributed by atoms with E-state index in [4.69, 9.17) is 16.3 Å². The largest absolute Gasteiger partial charge is 0.457 e. The fourth-order valence-corrected chi connectivity index (χ4v) is 6.03. The van der Waals surface area contributed by atoms with E-state index in [1.54, 1.807) is 24.3 Å². The number of carbonyl (C=O) groups is 1. The summed E-state index contributed by atoms with van der Waals surface area (Å²) in [6.45, 7) is -0.00370. The van der Waals surface area contributed by atoms with Crippen LogP contribution in [0.15, 0.2) is 53.4 Å². The second-order valence-corrected chi connectivity index (χ2v) is 10.8. The van der Waals surface area contributed by atoms with Gasteiger partial charge >= 0.3 is 5.97 Å². The average Bonchev–Trinajstić information content (AvgIpc) is 2.98. The van der Waals surface area contributed by atoms with Crippen molar-refractivity contribution in [2.75, 3.05) is 11.5 Å². The SMILES string of the molecule is O=C(OCc1ccccc1Cl)c1ccc(S(=O)(=O)NC2CCS(=O)(=O)C2)cc1. The van der Waals surface area contributed by atoms with Crippen molar-refractivity contribution < 1.29 is 26.4 Å². The quantitative estimate of drug-likeness (QED) is 0.685. The molecule has 1 heterocycles. The van der Waals surface area contributed by atoms with E-state index in [1.807, 2.05) is 0 Å². The summed E-state index contributed by atoms with van der Waals surface area (Å²) in [5.41, 5.74) is 0.849. The minimum Gasteiger partial charge on any atom is -0.457 e. The number of hydrogen-bond acceptors (Lipinski definition) is 6. The van der Waals surface area contributed by atoms with Crippen LogP contribution >= 0.6 is 11.6 Å². The highest BCUT2D eigenvalue weighted by atomic mass is 35.5. The van der Waals surface area contributed by atoms with E-state index in [0.717, 1.165) is 0 Å². The molecular formula is C18H18ClNO6S2. The van der Waals surface area contributed by atoms with Gasteiger partial charge < -0.3 is 4.74 Å². The minimum absolute atomic E-state index is 0.00370. The van der Waals surface area contributed by atoms with Gasteiger partial charge in [-0.3, -0.25) is 0 Å². The van der Waals surface area contributed by atoms with Crippen molar-refractivity contribution in [1.29, 1.82) is 0 Å². The van der Waals surface area contributed by atoms with Gasteiger partial charge in [0.05, 0.1) is 22.0 Å². The lowest BCUT2D eigenvalue weighted by Gasteiger charge is -2.12. The zero-order valence-electron chi connectivity index (χ0n) is 14.7. The summed E-state index contributed by atoms with van der Waals surface area (Å²) < 4.78 is 55.3. The molecule has 1 aliphatic rings. The van der Waals surface area contributed by atoms with Crippen molar-refractivity contribution >= 4 is 37.4 Å². The summed E-state index contributed by atoms with van der Waals surface area (Å²) >= 11 is 6.01. The van der Waals surface area contributed by atoms with Crippen LogP contribution in [0.3, 0.4) is 0 Å². The molecule has 3 rings (SSSR count). The first-order valence-corrected chi connectivity index (χ1v) is 12.1. The highest BCUT2D eigenvalue weighted by Gasteiger charge is 2.31. The third kappa shape index (κ3) is 5.11. The minimum atomic E-state index is -3.88. The molecule has 0 saturated carbocycles. The molecule has 2 aromatic carbocycles. The number of nitrogens with one attached hydrogen (secondary N) is 1. The van der Waals surface area contributed by atoms with Crippen LogP contribution in [0.4, 0.5) is 0 Å². The molecule has 0 aromatic heterocycles. The van der Waals surface area contributed by atoms with Gasteiger partial charge in [-0.2, -0.15) is 0 Å². The smallest absolute Gasteiger partial charge is 0.338 e. The van der Waals surface area contributed by atoms with Gasteiger partial charge in [0.2, 0.25) is 10.0 Å². The Hall–Kier alpha value is -1.94. The Labute approximate surface area is 168 Å². The molecule has 0 spiro atoms. The van der Waals surface area contributed by atoms with E-state index in [9.17, 15) is 21.6 Å². The van der Waals surface area contributed by atoms with Crippen molar-refractivity contribution in [2.24, 2.45) is 0 Å². The third-order valence-corrected chi connectivity index (χ3v) is 7.94. The maximum absolute atomic E-state index is 12.4. The van der Waals surface area contributed by atoms with Crippen molar-refractivity contribution in [3.8, 4) is 0 Å². The number of sulfone groups is 1. The summed E-state index contributed by atoms with van der Waals surface area (Å²) in [5.74, 6) is -0.853. The number of benzene rings is 2. The van der Waals surface area contributed by atoms with Crippen LogP contribution in [0.2, 0.25) is 5.02 Å². The molecule has 1 aliphatic heterocycles. The van der Waals surface area contributed by atoms with Crippen LogP contribution in [0.25, 0.3) is 0 Å². The van der Waals surface area contributed by atoms with Crippen LogP contribution < -0.4 is 4.72 Å². The number of halogens is 1.